The van der Waals surface area contributed by atoms with Crippen LogP contribution in [0, 0.1) is 22.9 Å². The molecule has 0 aliphatic carbocycles. The molecule has 0 fully saturated rings. The van der Waals surface area contributed by atoms with E-state index in [1.54, 1.807) is 14.0 Å². The van der Waals surface area contributed by atoms with Crippen molar-refractivity contribution in [2.24, 2.45) is 0 Å². The molecule has 0 saturated carbocycles. The summed E-state index contributed by atoms with van der Waals surface area (Å²) in [6.07, 6.45) is 1.05. The Balaban J connectivity index is 2.43. The van der Waals surface area contributed by atoms with Crippen LogP contribution in [0.3, 0.4) is 0 Å². The number of aryl methyl sites for hydroxylation is 1. The first kappa shape index (κ1) is 13.7. The number of aromatic nitrogens is 2. The minimum Gasteiger partial charge on any atom is -0.433 e. The minimum absolute atomic E-state index is 0.186. The number of anilines is 1. The molecule has 0 bridgehead atoms. The molecule has 8 heteroatoms. The first-order valence-corrected chi connectivity index (χ1v) is 5.64. The van der Waals surface area contributed by atoms with Crippen molar-refractivity contribution >= 4 is 11.6 Å². The van der Waals surface area contributed by atoms with Crippen LogP contribution in [-0.2, 0) is 0 Å². The van der Waals surface area contributed by atoms with Gasteiger partial charge in [-0.1, -0.05) is 0 Å². The maximum absolute atomic E-state index is 13.0. The second-order valence-corrected chi connectivity index (χ2v) is 3.90. The van der Waals surface area contributed by atoms with Crippen LogP contribution in [0.4, 0.5) is 16.0 Å². The fraction of sp³-hybridized carbons (Fsp3) is 0.167. The van der Waals surface area contributed by atoms with Crippen molar-refractivity contribution in [3.8, 4) is 11.6 Å². The number of halogens is 1. The van der Waals surface area contributed by atoms with E-state index in [0.717, 1.165) is 6.20 Å². The van der Waals surface area contributed by atoms with Gasteiger partial charge in [0.25, 0.3) is 0 Å². The zero-order chi connectivity index (χ0) is 14.7. The average molecular weight is 278 g/mol. The van der Waals surface area contributed by atoms with E-state index in [1.807, 2.05) is 0 Å². The zero-order valence-electron chi connectivity index (χ0n) is 10.8. The van der Waals surface area contributed by atoms with Gasteiger partial charge in [-0.05, 0) is 30.7 Å². The molecule has 0 unspecified atom stereocenters. The van der Waals surface area contributed by atoms with Crippen molar-refractivity contribution in [1.82, 2.24) is 9.97 Å². The molecule has 0 amide bonds. The molecule has 1 aromatic heterocycles. The third kappa shape index (κ3) is 2.79. The Labute approximate surface area is 113 Å². The van der Waals surface area contributed by atoms with Crippen LogP contribution in [0.25, 0.3) is 0 Å². The molecule has 0 atom stereocenters. The average Bonchev–Trinajstić information content (AvgIpc) is 2.41. The molecule has 7 nitrogen and oxygen atoms in total. The molecular weight excluding hydrogens is 267 g/mol. The Hall–Kier alpha value is -2.77. The van der Waals surface area contributed by atoms with Gasteiger partial charge in [-0.3, -0.25) is 10.1 Å². The van der Waals surface area contributed by atoms with Gasteiger partial charge in [0.05, 0.1) is 4.92 Å². The lowest BCUT2D eigenvalue weighted by Crippen LogP contribution is -2.02. The van der Waals surface area contributed by atoms with Crippen molar-refractivity contribution in [2.45, 2.75) is 6.92 Å². The third-order valence-corrected chi connectivity index (χ3v) is 2.50. The number of nitrogens with one attached hydrogen (secondary N) is 1. The molecule has 2 rings (SSSR count). The molecule has 1 N–H and O–H groups in total. The number of benzene rings is 1. The number of nitro groups is 1. The number of hydrogen-bond acceptors (Lipinski definition) is 6. The second-order valence-electron chi connectivity index (χ2n) is 3.90. The van der Waals surface area contributed by atoms with Crippen LogP contribution in [0.5, 0.6) is 11.6 Å². The number of nitrogens with zero attached hydrogens (tertiary/aromatic N) is 3. The van der Waals surface area contributed by atoms with Crippen molar-refractivity contribution in [1.29, 1.82) is 0 Å². The summed E-state index contributed by atoms with van der Waals surface area (Å²) in [6, 6.07) is 3.85. The van der Waals surface area contributed by atoms with E-state index in [2.05, 4.69) is 15.3 Å². The summed E-state index contributed by atoms with van der Waals surface area (Å²) in [5, 5.41) is 13.6. The van der Waals surface area contributed by atoms with Crippen molar-refractivity contribution in [3.63, 3.8) is 0 Å². The largest absolute Gasteiger partial charge is 0.433 e. The fourth-order valence-corrected chi connectivity index (χ4v) is 1.51. The topological polar surface area (TPSA) is 90.2 Å². The highest BCUT2D eigenvalue weighted by molar-refractivity contribution is 5.46. The number of hydrogen-bond donors (Lipinski definition) is 1. The first-order valence-electron chi connectivity index (χ1n) is 5.64. The summed E-state index contributed by atoms with van der Waals surface area (Å²) in [7, 11) is 1.58. The van der Waals surface area contributed by atoms with Crippen LogP contribution < -0.4 is 10.1 Å². The summed E-state index contributed by atoms with van der Waals surface area (Å²) in [5.41, 5.74) is 0.136. The van der Waals surface area contributed by atoms with E-state index in [-0.39, 0.29) is 23.3 Å². The molecule has 2 aromatic rings. The standard InChI is InChI=1S/C12H11FN4O3/c1-7-5-8(13)3-4-10(7)20-11-9(17(18)19)6-15-12(14-2)16-11/h3-6H,1-2H3,(H,14,15,16). The normalized spacial score (nSPS) is 10.2. The van der Waals surface area contributed by atoms with Gasteiger partial charge in [0, 0.05) is 7.05 Å². The Bertz CT molecular complexity index is 663. The van der Waals surface area contributed by atoms with E-state index in [1.165, 1.54) is 18.2 Å². The van der Waals surface area contributed by atoms with Crippen LogP contribution in [-0.4, -0.2) is 21.9 Å². The molecule has 0 aliphatic rings. The number of rotatable bonds is 4. The predicted octanol–water partition coefficient (Wildman–Crippen LogP) is 2.67. The maximum atomic E-state index is 13.0. The van der Waals surface area contributed by atoms with Crippen LogP contribution in [0.15, 0.2) is 24.4 Å². The van der Waals surface area contributed by atoms with Gasteiger partial charge in [-0.15, -0.1) is 0 Å². The van der Waals surface area contributed by atoms with Gasteiger partial charge in [-0.25, -0.2) is 9.37 Å². The van der Waals surface area contributed by atoms with Crippen molar-refractivity contribution in [3.05, 3.63) is 45.9 Å². The lowest BCUT2D eigenvalue weighted by molar-refractivity contribution is -0.386. The van der Waals surface area contributed by atoms with Gasteiger partial charge in [0.15, 0.2) is 0 Å². The number of ether oxygens (including phenoxy) is 1. The zero-order valence-corrected chi connectivity index (χ0v) is 10.8. The van der Waals surface area contributed by atoms with Gasteiger partial charge in [0.1, 0.15) is 17.8 Å². The van der Waals surface area contributed by atoms with Crippen LogP contribution >= 0.6 is 0 Å². The molecule has 0 aliphatic heterocycles. The predicted molar refractivity (Wildman–Crippen MR) is 69.4 cm³/mol. The molecule has 104 valence electrons. The van der Waals surface area contributed by atoms with E-state index in [4.69, 9.17) is 4.74 Å². The van der Waals surface area contributed by atoms with Crippen molar-refractivity contribution < 1.29 is 14.1 Å². The van der Waals surface area contributed by atoms with Crippen LogP contribution in [0.1, 0.15) is 5.56 Å². The molecular formula is C12H11FN4O3. The van der Waals surface area contributed by atoms with E-state index >= 15 is 0 Å². The van der Waals surface area contributed by atoms with Gasteiger partial charge in [0.2, 0.25) is 5.95 Å². The Morgan fingerprint density at radius 3 is 2.80 bits per heavy atom. The Morgan fingerprint density at radius 1 is 1.45 bits per heavy atom. The summed E-state index contributed by atoms with van der Waals surface area (Å²) in [6.45, 7) is 1.63. The highest BCUT2D eigenvalue weighted by Crippen LogP contribution is 2.31. The summed E-state index contributed by atoms with van der Waals surface area (Å²) in [5.74, 6) is -0.146. The SMILES string of the molecule is CNc1ncc([N+](=O)[O-])c(Oc2ccc(F)cc2C)n1. The van der Waals surface area contributed by atoms with Gasteiger partial charge in [-0.2, -0.15) is 4.98 Å². The maximum Gasteiger partial charge on any atom is 0.349 e. The summed E-state index contributed by atoms with van der Waals surface area (Å²) in [4.78, 5) is 17.9. The molecule has 20 heavy (non-hydrogen) atoms. The Morgan fingerprint density at radius 2 is 2.20 bits per heavy atom. The van der Waals surface area contributed by atoms with E-state index in [9.17, 15) is 14.5 Å². The third-order valence-electron chi connectivity index (χ3n) is 2.50. The molecule has 0 spiro atoms. The quantitative estimate of drug-likeness (QED) is 0.683. The molecule has 0 radical (unpaired) electrons. The first-order chi connectivity index (χ1) is 9.51. The van der Waals surface area contributed by atoms with E-state index < -0.39 is 10.7 Å². The highest BCUT2D eigenvalue weighted by Gasteiger charge is 2.20. The van der Waals surface area contributed by atoms with Gasteiger partial charge >= 0.3 is 11.6 Å². The minimum atomic E-state index is -0.645. The fourth-order valence-electron chi connectivity index (χ4n) is 1.51. The highest BCUT2D eigenvalue weighted by atomic mass is 19.1. The second kappa shape index (κ2) is 5.47. The van der Waals surface area contributed by atoms with E-state index in [0.29, 0.717) is 5.56 Å². The summed E-state index contributed by atoms with van der Waals surface area (Å²) < 4.78 is 18.4. The smallest absolute Gasteiger partial charge is 0.349 e. The Kier molecular flexibility index (Phi) is 3.74. The molecule has 1 aromatic carbocycles. The summed E-state index contributed by atoms with van der Waals surface area (Å²) >= 11 is 0. The lowest BCUT2D eigenvalue weighted by atomic mass is 10.2. The monoisotopic (exact) mass is 278 g/mol. The van der Waals surface area contributed by atoms with Gasteiger partial charge < -0.3 is 10.1 Å². The lowest BCUT2D eigenvalue weighted by Gasteiger charge is -2.08. The molecule has 1 heterocycles. The van der Waals surface area contributed by atoms with Crippen LogP contribution in [0.2, 0.25) is 0 Å². The molecule has 0 saturated heterocycles. The van der Waals surface area contributed by atoms with Crippen molar-refractivity contribution in [2.75, 3.05) is 12.4 Å².